The van der Waals surface area contributed by atoms with Gasteiger partial charge in [-0.2, -0.15) is 0 Å². The fourth-order valence-corrected chi connectivity index (χ4v) is 5.02. The number of hydrogen-bond donors (Lipinski definition) is 1. The first kappa shape index (κ1) is 20.7. The van der Waals surface area contributed by atoms with E-state index in [4.69, 9.17) is 4.74 Å². The number of hydrogen-bond acceptors (Lipinski definition) is 3. The average Bonchev–Trinajstić information content (AvgIpc) is 3.06. The lowest BCUT2D eigenvalue weighted by Crippen LogP contribution is -2.55. The zero-order valence-electron chi connectivity index (χ0n) is 17.6. The van der Waals surface area contributed by atoms with Crippen LogP contribution in [0.3, 0.4) is 0 Å². The number of carbonyl (C=O) groups excluding carboxylic acids is 1. The Morgan fingerprint density at radius 3 is 2.32 bits per heavy atom. The Kier molecular flexibility index (Phi) is 5.70. The van der Waals surface area contributed by atoms with Gasteiger partial charge in [0.15, 0.2) is 0 Å². The quantitative estimate of drug-likeness (QED) is 0.628. The van der Waals surface area contributed by atoms with Crippen molar-refractivity contribution in [1.29, 1.82) is 0 Å². The molecule has 2 aliphatic carbocycles. The van der Waals surface area contributed by atoms with Gasteiger partial charge in [-0.05, 0) is 69.6 Å². The lowest BCUT2D eigenvalue weighted by molar-refractivity contribution is -0.183. The summed E-state index contributed by atoms with van der Waals surface area (Å²) in [6.45, 7) is 15.1. The van der Waals surface area contributed by atoms with Crippen LogP contribution >= 0.6 is 0 Å². The minimum Gasteiger partial charge on any atom is -0.462 e. The third-order valence-corrected chi connectivity index (χ3v) is 7.48. The van der Waals surface area contributed by atoms with E-state index in [0.29, 0.717) is 11.3 Å². The van der Waals surface area contributed by atoms with Crippen LogP contribution in [-0.2, 0) is 9.53 Å². The van der Waals surface area contributed by atoms with E-state index in [-0.39, 0.29) is 23.9 Å². The molecule has 25 heavy (non-hydrogen) atoms. The normalized spacial score (nSPS) is 35.2. The highest BCUT2D eigenvalue weighted by Gasteiger charge is 2.64. The van der Waals surface area contributed by atoms with Gasteiger partial charge in [-0.3, -0.25) is 4.79 Å². The SMILES string of the molecule is CCC(C)(C)C(=O)OCC1(O)C2CCC(C2)C1(C)CCCC(C)(C)C. The summed E-state index contributed by atoms with van der Waals surface area (Å²) in [6, 6.07) is 0. The van der Waals surface area contributed by atoms with Crippen molar-refractivity contribution in [3.63, 3.8) is 0 Å². The van der Waals surface area contributed by atoms with Crippen LogP contribution in [0.1, 0.15) is 93.4 Å². The molecule has 0 aromatic heterocycles. The molecule has 3 nitrogen and oxygen atoms in total. The minimum atomic E-state index is -0.854. The maximum absolute atomic E-state index is 12.4. The summed E-state index contributed by atoms with van der Waals surface area (Å²) in [7, 11) is 0. The van der Waals surface area contributed by atoms with Crippen LogP contribution < -0.4 is 0 Å². The molecule has 146 valence electrons. The Hall–Kier alpha value is -0.570. The first-order valence-electron chi connectivity index (χ1n) is 10.3. The number of esters is 1. The second-order valence-electron chi connectivity index (χ2n) is 10.8. The van der Waals surface area contributed by atoms with Crippen molar-refractivity contribution in [1.82, 2.24) is 0 Å². The van der Waals surface area contributed by atoms with Gasteiger partial charge in [-0.15, -0.1) is 0 Å². The Balaban J connectivity index is 2.08. The Labute approximate surface area is 154 Å². The molecule has 2 saturated carbocycles. The number of ether oxygens (including phenoxy) is 1. The molecule has 4 unspecified atom stereocenters. The predicted octanol–water partition coefficient (Wildman–Crippen LogP) is 5.35. The zero-order valence-corrected chi connectivity index (χ0v) is 17.6. The van der Waals surface area contributed by atoms with Gasteiger partial charge in [0.2, 0.25) is 0 Å². The van der Waals surface area contributed by atoms with Gasteiger partial charge in [0.05, 0.1) is 5.41 Å². The third kappa shape index (κ3) is 3.91. The van der Waals surface area contributed by atoms with Crippen molar-refractivity contribution in [3.05, 3.63) is 0 Å². The van der Waals surface area contributed by atoms with E-state index < -0.39 is 11.0 Å². The standard InChI is InChI=1S/C22H40O3/c1-8-20(5,6)18(23)25-15-22(24)17-11-10-16(14-17)21(22,7)13-9-12-19(2,3)4/h16-17,24H,8-15H2,1-7H3. The van der Waals surface area contributed by atoms with Gasteiger partial charge in [0.25, 0.3) is 0 Å². The predicted molar refractivity (Wildman–Crippen MR) is 102 cm³/mol. The molecule has 0 aromatic carbocycles. The van der Waals surface area contributed by atoms with E-state index in [0.717, 1.165) is 32.1 Å². The fraction of sp³-hybridized carbons (Fsp3) is 0.955. The van der Waals surface area contributed by atoms with Gasteiger partial charge in [-0.25, -0.2) is 0 Å². The van der Waals surface area contributed by atoms with Crippen molar-refractivity contribution in [3.8, 4) is 0 Å². The molecular formula is C22H40O3. The zero-order chi connectivity index (χ0) is 19.1. The van der Waals surface area contributed by atoms with Crippen LogP contribution in [0, 0.1) is 28.1 Å². The first-order valence-corrected chi connectivity index (χ1v) is 10.3. The van der Waals surface area contributed by atoms with E-state index >= 15 is 0 Å². The lowest BCUT2D eigenvalue weighted by atomic mass is 9.61. The van der Waals surface area contributed by atoms with Crippen LogP contribution in [0.4, 0.5) is 0 Å². The number of fused-ring (bicyclic) bond motifs is 2. The van der Waals surface area contributed by atoms with Crippen molar-refractivity contribution < 1.29 is 14.6 Å². The molecule has 0 aromatic rings. The molecule has 2 rings (SSSR count). The smallest absolute Gasteiger partial charge is 0.311 e. The monoisotopic (exact) mass is 352 g/mol. The van der Waals surface area contributed by atoms with Crippen molar-refractivity contribution in [2.45, 2.75) is 99.0 Å². The van der Waals surface area contributed by atoms with Crippen molar-refractivity contribution >= 4 is 5.97 Å². The molecule has 1 N–H and O–H groups in total. The number of rotatable bonds is 7. The van der Waals surface area contributed by atoms with E-state index in [9.17, 15) is 9.90 Å². The molecule has 2 bridgehead atoms. The lowest BCUT2D eigenvalue weighted by Gasteiger charge is -2.48. The minimum absolute atomic E-state index is 0.127. The van der Waals surface area contributed by atoms with Gasteiger partial charge >= 0.3 is 5.97 Å². The molecule has 0 amide bonds. The Morgan fingerprint density at radius 1 is 1.16 bits per heavy atom. The maximum atomic E-state index is 12.4. The van der Waals surface area contributed by atoms with Crippen molar-refractivity contribution in [2.75, 3.05) is 6.61 Å². The largest absolute Gasteiger partial charge is 0.462 e. The van der Waals surface area contributed by atoms with E-state index in [1.54, 1.807) is 0 Å². The second-order valence-corrected chi connectivity index (χ2v) is 10.8. The summed E-state index contributed by atoms with van der Waals surface area (Å²) >= 11 is 0. The van der Waals surface area contributed by atoms with Crippen molar-refractivity contribution in [2.24, 2.45) is 28.1 Å². The van der Waals surface area contributed by atoms with Crippen LogP contribution in [-0.4, -0.2) is 23.3 Å². The van der Waals surface area contributed by atoms with Crippen LogP contribution in [0.25, 0.3) is 0 Å². The van der Waals surface area contributed by atoms with Gasteiger partial charge < -0.3 is 9.84 Å². The molecule has 0 heterocycles. The first-order chi connectivity index (χ1) is 11.4. The van der Waals surface area contributed by atoms with Crippen LogP contribution in [0.5, 0.6) is 0 Å². The highest BCUT2D eigenvalue weighted by molar-refractivity contribution is 5.75. The second kappa shape index (κ2) is 6.87. The summed E-state index contributed by atoms with van der Waals surface area (Å²) in [5, 5.41) is 11.6. The molecule has 4 atom stereocenters. The van der Waals surface area contributed by atoms with Crippen LogP contribution in [0.15, 0.2) is 0 Å². The Bertz CT molecular complexity index is 490. The summed E-state index contributed by atoms with van der Waals surface area (Å²) in [6.07, 6.45) is 7.45. The van der Waals surface area contributed by atoms with E-state index in [2.05, 4.69) is 27.7 Å². The topological polar surface area (TPSA) is 46.5 Å². The summed E-state index contributed by atoms with van der Waals surface area (Å²) in [4.78, 5) is 12.4. The number of aliphatic hydroxyl groups is 1. The molecular weight excluding hydrogens is 312 g/mol. The highest BCUT2D eigenvalue weighted by atomic mass is 16.5. The Morgan fingerprint density at radius 2 is 1.76 bits per heavy atom. The molecule has 2 fully saturated rings. The molecule has 0 saturated heterocycles. The highest BCUT2D eigenvalue weighted by Crippen LogP contribution is 2.63. The molecule has 3 heteroatoms. The molecule has 0 spiro atoms. The summed E-state index contributed by atoms with van der Waals surface area (Å²) in [5.74, 6) is 0.679. The maximum Gasteiger partial charge on any atom is 0.311 e. The number of carbonyl (C=O) groups is 1. The van der Waals surface area contributed by atoms with E-state index in [1.807, 2.05) is 20.8 Å². The van der Waals surface area contributed by atoms with E-state index in [1.165, 1.54) is 12.8 Å². The van der Waals surface area contributed by atoms with Crippen LogP contribution in [0.2, 0.25) is 0 Å². The molecule has 0 aliphatic heterocycles. The molecule has 0 radical (unpaired) electrons. The fourth-order valence-electron chi connectivity index (χ4n) is 5.02. The molecule has 2 aliphatic rings. The van der Waals surface area contributed by atoms with Gasteiger partial charge in [-0.1, -0.05) is 41.0 Å². The summed E-state index contributed by atoms with van der Waals surface area (Å²) < 4.78 is 5.69. The van der Waals surface area contributed by atoms with Gasteiger partial charge in [0, 0.05) is 5.41 Å². The van der Waals surface area contributed by atoms with Gasteiger partial charge in [0.1, 0.15) is 12.2 Å². The summed E-state index contributed by atoms with van der Waals surface area (Å²) in [5.41, 5.74) is -1.13. The average molecular weight is 353 g/mol. The third-order valence-electron chi connectivity index (χ3n) is 7.48.